The normalized spacial score (nSPS) is 12.5. The minimum absolute atomic E-state index is 0.0979. The molecule has 0 bridgehead atoms. The fraction of sp³-hybridized carbons (Fsp3) is 0.462. The van der Waals surface area contributed by atoms with Crippen molar-refractivity contribution in [3.05, 3.63) is 29.8 Å². The number of nitrogens with zero attached hydrogens (tertiary/aromatic N) is 1. The van der Waals surface area contributed by atoms with Crippen LogP contribution in [-0.4, -0.2) is 37.9 Å². The van der Waals surface area contributed by atoms with Gasteiger partial charge in [0.2, 0.25) is 0 Å². The van der Waals surface area contributed by atoms with Crippen LogP contribution in [0.5, 0.6) is 5.75 Å². The Bertz CT molecular complexity index is 353. The first-order valence-corrected chi connectivity index (χ1v) is 5.62. The van der Waals surface area contributed by atoms with E-state index in [1.807, 2.05) is 31.1 Å². The second-order valence-electron chi connectivity index (χ2n) is 4.06. The van der Waals surface area contributed by atoms with Crippen molar-refractivity contribution < 1.29 is 9.53 Å². The summed E-state index contributed by atoms with van der Waals surface area (Å²) in [5.74, 6) is 0.771. The summed E-state index contributed by atoms with van der Waals surface area (Å²) in [7, 11) is 3.76. The van der Waals surface area contributed by atoms with Crippen LogP contribution in [0.25, 0.3) is 0 Å². The molecule has 93 valence electrons. The smallest absolute Gasteiger partial charge is 0.137 e. The van der Waals surface area contributed by atoms with Crippen molar-refractivity contribution in [1.29, 1.82) is 0 Å². The largest absolute Gasteiger partial charge is 0.494 e. The summed E-state index contributed by atoms with van der Waals surface area (Å²) in [6, 6.07) is 8.42. The highest BCUT2D eigenvalue weighted by Gasteiger charge is 2.09. The van der Waals surface area contributed by atoms with Crippen LogP contribution in [-0.2, 0) is 11.3 Å². The lowest BCUT2D eigenvalue weighted by molar-refractivity contribution is -0.112. The van der Waals surface area contributed by atoms with Crippen LogP contribution < -0.4 is 10.5 Å². The average molecular weight is 235 g/mol. The molecule has 1 unspecified atom stereocenters. The van der Waals surface area contributed by atoms with E-state index < -0.39 is 0 Å². The second-order valence-corrected chi connectivity index (χ2v) is 4.06. The monoisotopic (exact) mass is 235 g/mol. The van der Waals surface area contributed by atoms with Crippen molar-refractivity contribution in [2.24, 2.45) is 5.73 Å². The number of hydrogen-bond acceptors (Lipinski definition) is 4. The minimum atomic E-state index is -0.0979. The van der Waals surface area contributed by atoms with Gasteiger partial charge < -0.3 is 15.3 Å². The molecule has 1 rings (SSSR count). The number of hydrogen-bond donors (Lipinski definition) is 1. The fourth-order valence-corrected chi connectivity index (χ4v) is 1.45. The second kappa shape index (κ2) is 7.04. The molecule has 1 aromatic carbocycles. The molecule has 0 saturated carbocycles. The van der Waals surface area contributed by atoms with Crippen LogP contribution in [0.15, 0.2) is 18.2 Å². The Kier molecular flexibility index (Phi) is 5.66. The molecule has 2 N–H and O–H groups in total. The van der Waals surface area contributed by atoms with E-state index in [0.29, 0.717) is 19.6 Å². The molecule has 4 heteroatoms. The lowest BCUT2D eigenvalue weighted by Gasteiger charge is -2.18. The zero-order chi connectivity index (χ0) is 12.7. The van der Waals surface area contributed by atoms with Gasteiger partial charge in [-0.15, -0.1) is 0 Å². The van der Waals surface area contributed by atoms with Crippen LogP contribution in [0.4, 0.5) is 0 Å². The standard InChI is InChI=1S/C13H19N2O2/c1-15(2)12(10-16)6-7-17-13-5-3-4-11(8-13)9-14/h3,5,8,10,12H,6-7,9,14H2,1-2H3. The van der Waals surface area contributed by atoms with Crippen molar-refractivity contribution >= 4 is 6.29 Å². The molecule has 0 spiro atoms. The zero-order valence-electron chi connectivity index (χ0n) is 10.3. The minimum Gasteiger partial charge on any atom is -0.494 e. The molecule has 17 heavy (non-hydrogen) atoms. The van der Waals surface area contributed by atoms with Gasteiger partial charge in [-0.05, 0) is 37.9 Å². The molecule has 1 atom stereocenters. The van der Waals surface area contributed by atoms with E-state index in [-0.39, 0.29) is 6.04 Å². The maximum Gasteiger partial charge on any atom is 0.137 e. The van der Waals surface area contributed by atoms with Crippen LogP contribution in [0.2, 0.25) is 0 Å². The highest BCUT2D eigenvalue weighted by atomic mass is 16.5. The van der Waals surface area contributed by atoms with Crippen LogP contribution in [0, 0.1) is 6.07 Å². The lowest BCUT2D eigenvalue weighted by Crippen LogP contribution is -2.30. The predicted octanol–water partition coefficient (Wildman–Crippen LogP) is 0.843. The van der Waals surface area contributed by atoms with Crippen LogP contribution in [0.3, 0.4) is 0 Å². The molecule has 0 aliphatic heterocycles. The van der Waals surface area contributed by atoms with E-state index in [2.05, 4.69) is 6.07 Å². The highest BCUT2D eigenvalue weighted by Crippen LogP contribution is 2.13. The summed E-state index contributed by atoms with van der Waals surface area (Å²) in [5.41, 5.74) is 6.44. The Balaban J connectivity index is 2.42. The van der Waals surface area contributed by atoms with E-state index in [1.54, 1.807) is 6.07 Å². The van der Waals surface area contributed by atoms with Gasteiger partial charge in [0, 0.05) is 13.0 Å². The number of ether oxygens (including phenoxy) is 1. The quantitative estimate of drug-likeness (QED) is 0.712. The van der Waals surface area contributed by atoms with Gasteiger partial charge >= 0.3 is 0 Å². The van der Waals surface area contributed by atoms with Crippen molar-refractivity contribution in [2.75, 3.05) is 20.7 Å². The van der Waals surface area contributed by atoms with Gasteiger partial charge in [-0.2, -0.15) is 0 Å². The first kappa shape index (κ1) is 13.7. The van der Waals surface area contributed by atoms with E-state index in [1.165, 1.54) is 0 Å². The SMILES string of the molecule is CN(C)C(C=O)CCOc1cc[c]c(CN)c1. The number of nitrogens with two attached hydrogens (primary N) is 1. The van der Waals surface area contributed by atoms with E-state index in [4.69, 9.17) is 10.5 Å². The number of benzene rings is 1. The van der Waals surface area contributed by atoms with E-state index in [9.17, 15) is 4.79 Å². The van der Waals surface area contributed by atoms with Gasteiger partial charge in [-0.3, -0.25) is 4.90 Å². The van der Waals surface area contributed by atoms with E-state index >= 15 is 0 Å². The van der Waals surface area contributed by atoms with Crippen LogP contribution >= 0.6 is 0 Å². The van der Waals surface area contributed by atoms with Crippen molar-refractivity contribution in [3.8, 4) is 5.75 Å². The molecule has 0 aromatic heterocycles. The Labute approximate surface area is 102 Å². The Morgan fingerprint density at radius 1 is 1.59 bits per heavy atom. The van der Waals surface area contributed by atoms with E-state index in [0.717, 1.165) is 17.6 Å². The zero-order valence-corrected chi connectivity index (χ0v) is 10.3. The third-order valence-corrected chi connectivity index (χ3v) is 2.56. The number of carbonyl (C=O) groups is 1. The molecule has 0 heterocycles. The molecule has 1 radical (unpaired) electrons. The molecule has 0 aliphatic rings. The lowest BCUT2D eigenvalue weighted by atomic mass is 10.2. The summed E-state index contributed by atoms with van der Waals surface area (Å²) in [5, 5.41) is 0. The molecule has 0 fully saturated rings. The Morgan fingerprint density at radius 3 is 2.94 bits per heavy atom. The Morgan fingerprint density at radius 2 is 2.35 bits per heavy atom. The number of rotatable bonds is 7. The van der Waals surface area contributed by atoms with Gasteiger partial charge in [0.1, 0.15) is 12.0 Å². The Hall–Kier alpha value is -1.39. The number of aldehydes is 1. The van der Waals surface area contributed by atoms with Gasteiger partial charge in [-0.25, -0.2) is 0 Å². The van der Waals surface area contributed by atoms with Crippen molar-refractivity contribution in [3.63, 3.8) is 0 Å². The van der Waals surface area contributed by atoms with Gasteiger partial charge in [0.25, 0.3) is 0 Å². The maximum absolute atomic E-state index is 10.8. The molecule has 0 saturated heterocycles. The molecular weight excluding hydrogens is 216 g/mol. The first-order valence-electron chi connectivity index (χ1n) is 5.62. The third-order valence-electron chi connectivity index (χ3n) is 2.56. The number of carbonyl (C=O) groups excluding carboxylic acids is 1. The third kappa shape index (κ3) is 4.54. The van der Waals surface area contributed by atoms with Crippen molar-refractivity contribution in [2.45, 2.75) is 19.0 Å². The van der Waals surface area contributed by atoms with Crippen molar-refractivity contribution in [1.82, 2.24) is 4.90 Å². The van der Waals surface area contributed by atoms with Gasteiger partial charge in [0.05, 0.1) is 12.6 Å². The fourth-order valence-electron chi connectivity index (χ4n) is 1.45. The molecular formula is C13H19N2O2. The molecule has 0 aliphatic carbocycles. The molecule has 1 aromatic rings. The van der Waals surface area contributed by atoms with Gasteiger partial charge in [0.15, 0.2) is 0 Å². The van der Waals surface area contributed by atoms with Gasteiger partial charge in [-0.1, -0.05) is 6.07 Å². The first-order chi connectivity index (χ1) is 8.17. The summed E-state index contributed by atoms with van der Waals surface area (Å²) in [6.07, 6.45) is 1.61. The molecule has 4 nitrogen and oxygen atoms in total. The highest BCUT2D eigenvalue weighted by molar-refractivity contribution is 5.57. The summed E-state index contributed by atoms with van der Waals surface area (Å²) >= 11 is 0. The average Bonchev–Trinajstić information content (AvgIpc) is 2.34. The maximum atomic E-state index is 10.8. The predicted molar refractivity (Wildman–Crippen MR) is 66.8 cm³/mol. The number of likely N-dealkylation sites (N-methyl/N-ethyl adjacent to an activating group) is 1. The molecule has 0 amide bonds. The summed E-state index contributed by atoms with van der Waals surface area (Å²) in [4.78, 5) is 12.6. The van der Waals surface area contributed by atoms with Crippen LogP contribution in [0.1, 0.15) is 12.0 Å². The summed E-state index contributed by atoms with van der Waals surface area (Å²) in [6.45, 7) is 0.960. The topological polar surface area (TPSA) is 55.6 Å². The summed E-state index contributed by atoms with van der Waals surface area (Å²) < 4.78 is 5.57.